The van der Waals surface area contributed by atoms with Gasteiger partial charge in [-0.15, -0.1) is 11.3 Å². The van der Waals surface area contributed by atoms with Crippen molar-refractivity contribution in [2.45, 2.75) is 27.7 Å². The Kier molecular flexibility index (Phi) is 4.83. The van der Waals surface area contributed by atoms with Crippen molar-refractivity contribution in [2.24, 2.45) is 7.05 Å². The van der Waals surface area contributed by atoms with Crippen molar-refractivity contribution in [1.82, 2.24) is 4.57 Å². The third-order valence-corrected chi connectivity index (χ3v) is 9.51. The lowest BCUT2D eigenvalue weighted by Crippen LogP contribution is -2.30. The fourth-order valence-electron chi connectivity index (χ4n) is 5.98. The van der Waals surface area contributed by atoms with Crippen molar-refractivity contribution in [3.05, 3.63) is 107 Å². The number of rotatable bonds is 2. The summed E-state index contributed by atoms with van der Waals surface area (Å²) in [6, 6.07) is 29.1. The molecule has 2 nitrogen and oxygen atoms in total. The summed E-state index contributed by atoms with van der Waals surface area (Å²) in [7, 11) is 2.17. The smallest absolute Gasteiger partial charge is 0.230 e. The Morgan fingerprint density at radius 1 is 0.649 bits per heavy atom. The van der Waals surface area contributed by atoms with Crippen LogP contribution in [0.4, 0.5) is 0 Å². The number of fused-ring (bicyclic) bond motifs is 6. The molecule has 4 aromatic carbocycles. The van der Waals surface area contributed by atoms with Gasteiger partial charge in [0.05, 0.1) is 16.6 Å². The van der Waals surface area contributed by atoms with E-state index in [9.17, 15) is 0 Å². The Balaban J connectivity index is 1.53. The monoisotopic (exact) mass is 497 g/mol. The van der Waals surface area contributed by atoms with Crippen LogP contribution in [-0.2, 0) is 7.05 Å². The standard InChI is InChI=1S/C34H29N2S/c1-20-18-28(23(4)22(3)21(20)2)33-34-27(16-17-35(33)5)29-19-24(14-15-32(29)37-34)36-30-12-8-6-10-25(30)26-11-7-9-13-31(26)36/h6-19H,1-5H3/q+1. The Morgan fingerprint density at radius 2 is 1.32 bits per heavy atom. The third-order valence-electron chi connectivity index (χ3n) is 8.32. The highest BCUT2D eigenvalue weighted by Crippen LogP contribution is 2.41. The molecule has 0 spiro atoms. The molecule has 3 heteroatoms. The SMILES string of the molecule is Cc1cc(-c2c3sc4ccc(-n5c6ccccc6c6ccccc65)cc4c3cc[n+]2C)c(C)c(C)c1C. The van der Waals surface area contributed by atoms with E-state index in [1.807, 2.05) is 11.3 Å². The van der Waals surface area contributed by atoms with Gasteiger partial charge in [0.15, 0.2) is 6.20 Å². The van der Waals surface area contributed by atoms with E-state index in [4.69, 9.17) is 0 Å². The van der Waals surface area contributed by atoms with Gasteiger partial charge in [0, 0.05) is 38.0 Å². The molecule has 37 heavy (non-hydrogen) atoms. The largest absolute Gasteiger partial charge is 0.309 e. The highest BCUT2D eigenvalue weighted by molar-refractivity contribution is 7.26. The maximum absolute atomic E-state index is 2.41. The molecule has 7 aromatic rings. The second kappa shape index (κ2) is 8.03. The van der Waals surface area contributed by atoms with Crippen LogP contribution in [-0.4, -0.2) is 4.57 Å². The van der Waals surface area contributed by atoms with Crippen LogP contribution < -0.4 is 4.57 Å². The Bertz CT molecular complexity index is 1980. The van der Waals surface area contributed by atoms with Gasteiger partial charge in [0.25, 0.3) is 0 Å². The van der Waals surface area contributed by atoms with Crippen molar-refractivity contribution >= 4 is 53.3 Å². The van der Waals surface area contributed by atoms with E-state index >= 15 is 0 Å². The number of benzene rings is 4. The molecule has 3 heterocycles. The Labute approximate surface area is 221 Å². The first kappa shape index (κ1) is 22.3. The Morgan fingerprint density at radius 3 is 2.03 bits per heavy atom. The lowest BCUT2D eigenvalue weighted by molar-refractivity contribution is -0.659. The van der Waals surface area contributed by atoms with E-state index in [-0.39, 0.29) is 0 Å². The highest BCUT2D eigenvalue weighted by atomic mass is 32.1. The molecule has 0 aliphatic heterocycles. The number of nitrogens with zero attached hydrogens (tertiary/aromatic N) is 2. The van der Waals surface area contributed by atoms with Gasteiger partial charge in [0.1, 0.15) is 11.7 Å². The fraction of sp³-hybridized carbons (Fsp3) is 0.147. The molecule has 0 fully saturated rings. The van der Waals surface area contributed by atoms with Crippen molar-refractivity contribution in [3.8, 4) is 16.9 Å². The number of hydrogen-bond acceptors (Lipinski definition) is 1. The number of para-hydroxylation sites is 2. The van der Waals surface area contributed by atoms with Crippen LogP contribution in [0.15, 0.2) is 85.1 Å². The zero-order valence-electron chi connectivity index (χ0n) is 21.9. The lowest BCUT2D eigenvalue weighted by atomic mass is 9.92. The quantitative estimate of drug-likeness (QED) is 0.211. The van der Waals surface area contributed by atoms with Gasteiger partial charge in [-0.1, -0.05) is 36.4 Å². The fourth-order valence-corrected chi connectivity index (χ4v) is 7.25. The molecule has 0 aliphatic carbocycles. The average Bonchev–Trinajstić information content (AvgIpc) is 3.45. The van der Waals surface area contributed by atoms with E-state index in [0.717, 1.165) is 0 Å². The van der Waals surface area contributed by atoms with E-state index in [0.29, 0.717) is 0 Å². The summed E-state index contributed by atoms with van der Waals surface area (Å²) < 4.78 is 7.38. The van der Waals surface area contributed by atoms with Crippen molar-refractivity contribution in [1.29, 1.82) is 0 Å². The molecule has 0 atom stereocenters. The average molecular weight is 498 g/mol. The number of aryl methyl sites for hydroxylation is 2. The molecule has 0 unspecified atom stereocenters. The minimum absolute atomic E-state index is 1.21. The van der Waals surface area contributed by atoms with Crippen LogP contribution in [0.2, 0.25) is 0 Å². The van der Waals surface area contributed by atoms with Crippen LogP contribution in [0.1, 0.15) is 22.3 Å². The Hall–Kier alpha value is -3.95. The van der Waals surface area contributed by atoms with Gasteiger partial charge < -0.3 is 4.57 Å². The number of hydrogen-bond donors (Lipinski definition) is 0. The minimum Gasteiger partial charge on any atom is -0.309 e. The molecule has 0 aliphatic rings. The number of aromatic nitrogens is 2. The van der Waals surface area contributed by atoms with Crippen LogP contribution in [0, 0.1) is 27.7 Å². The second-order valence-electron chi connectivity index (χ2n) is 10.3. The maximum atomic E-state index is 2.41. The van der Waals surface area contributed by atoms with Gasteiger partial charge in [-0.3, -0.25) is 0 Å². The van der Waals surface area contributed by atoms with E-state index in [1.54, 1.807) is 0 Å². The molecule has 0 radical (unpaired) electrons. The van der Waals surface area contributed by atoms with Gasteiger partial charge in [-0.05, 0) is 86.3 Å². The van der Waals surface area contributed by atoms with E-state index in [2.05, 4.69) is 129 Å². The molecule has 0 amide bonds. The maximum Gasteiger partial charge on any atom is 0.230 e. The molecule has 3 aromatic heterocycles. The van der Waals surface area contributed by atoms with Crippen molar-refractivity contribution in [2.75, 3.05) is 0 Å². The first-order valence-electron chi connectivity index (χ1n) is 12.9. The normalized spacial score (nSPS) is 11.9. The highest BCUT2D eigenvalue weighted by Gasteiger charge is 2.23. The summed E-state index contributed by atoms with van der Waals surface area (Å²) in [4.78, 5) is 0. The van der Waals surface area contributed by atoms with Crippen molar-refractivity contribution < 1.29 is 4.57 Å². The van der Waals surface area contributed by atoms with Crippen LogP contribution in [0.3, 0.4) is 0 Å². The van der Waals surface area contributed by atoms with Crippen LogP contribution in [0.5, 0.6) is 0 Å². The molecular weight excluding hydrogens is 468 g/mol. The predicted octanol–water partition coefficient (Wildman–Crippen LogP) is 8.88. The van der Waals surface area contributed by atoms with Gasteiger partial charge in [-0.25, -0.2) is 0 Å². The minimum atomic E-state index is 1.21. The molecule has 0 saturated carbocycles. The van der Waals surface area contributed by atoms with Crippen molar-refractivity contribution in [3.63, 3.8) is 0 Å². The second-order valence-corrected chi connectivity index (χ2v) is 11.3. The summed E-state index contributed by atoms with van der Waals surface area (Å²) in [5.74, 6) is 0. The summed E-state index contributed by atoms with van der Waals surface area (Å²) in [5, 5.41) is 5.23. The molecule has 0 N–H and O–H groups in total. The molecule has 7 rings (SSSR count). The van der Waals surface area contributed by atoms with Gasteiger partial charge >= 0.3 is 0 Å². The van der Waals surface area contributed by atoms with Gasteiger partial charge in [-0.2, -0.15) is 4.57 Å². The van der Waals surface area contributed by atoms with Crippen LogP contribution in [0.25, 0.3) is 58.9 Å². The molecule has 0 bridgehead atoms. The van der Waals surface area contributed by atoms with E-state index in [1.165, 1.54) is 81.2 Å². The summed E-state index contributed by atoms with van der Waals surface area (Å²) in [6.07, 6.45) is 2.22. The van der Waals surface area contributed by atoms with Gasteiger partial charge in [0.2, 0.25) is 5.69 Å². The third kappa shape index (κ3) is 3.14. The zero-order valence-corrected chi connectivity index (χ0v) is 22.7. The predicted molar refractivity (Wildman–Crippen MR) is 159 cm³/mol. The summed E-state index contributed by atoms with van der Waals surface area (Å²) in [6.45, 7) is 8.99. The zero-order chi connectivity index (χ0) is 25.4. The summed E-state index contributed by atoms with van der Waals surface area (Å²) in [5.41, 5.74) is 11.8. The topological polar surface area (TPSA) is 8.81 Å². The molecule has 180 valence electrons. The molecular formula is C34H29N2S+. The van der Waals surface area contributed by atoms with E-state index < -0.39 is 0 Å². The first-order valence-corrected chi connectivity index (χ1v) is 13.7. The lowest BCUT2D eigenvalue weighted by Gasteiger charge is -2.13. The summed E-state index contributed by atoms with van der Waals surface area (Å²) >= 11 is 1.91. The van der Waals surface area contributed by atoms with Crippen LogP contribution >= 0.6 is 11.3 Å². The molecule has 0 saturated heterocycles. The number of thiophene rings is 1. The first-order chi connectivity index (χ1) is 17.9. The number of pyridine rings is 1.